The van der Waals surface area contributed by atoms with Crippen molar-refractivity contribution >= 4 is 5.97 Å². The third-order valence-electron chi connectivity index (χ3n) is 3.09. The first-order valence-electron chi connectivity index (χ1n) is 5.90. The highest BCUT2D eigenvalue weighted by molar-refractivity contribution is 5.70. The van der Waals surface area contributed by atoms with Crippen molar-refractivity contribution < 1.29 is 9.90 Å². The van der Waals surface area contributed by atoms with Crippen LogP contribution in [0.25, 0.3) is 0 Å². The Morgan fingerprint density at radius 2 is 2.20 bits per heavy atom. The van der Waals surface area contributed by atoms with Gasteiger partial charge in [-0.15, -0.1) is 0 Å². The van der Waals surface area contributed by atoms with Gasteiger partial charge in [0.1, 0.15) is 0 Å². The zero-order chi connectivity index (χ0) is 11.1. The summed E-state index contributed by atoms with van der Waals surface area (Å²) in [5.74, 6) is -0.769. The minimum absolute atomic E-state index is 0.134. The molecule has 0 saturated heterocycles. The van der Waals surface area contributed by atoms with Crippen molar-refractivity contribution in [3.05, 3.63) is 0 Å². The third-order valence-corrected chi connectivity index (χ3v) is 3.09. The van der Waals surface area contributed by atoms with Crippen molar-refractivity contribution in [2.24, 2.45) is 11.7 Å². The van der Waals surface area contributed by atoms with Gasteiger partial charge in [-0.1, -0.05) is 6.42 Å². The molecule has 0 aliphatic heterocycles. The summed E-state index contributed by atoms with van der Waals surface area (Å²) in [7, 11) is 0. The summed E-state index contributed by atoms with van der Waals surface area (Å²) >= 11 is 0. The monoisotopic (exact) mass is 214 g/mol. The number of aliphatic carboxylic acids is 1. The van der Waals surface area contributed by atoms with Crippen LogP contribution in [0.1, 0.15) is 38.5 Å². The smallest absolute Gasteiger partial charge is 0.306 e. The van der Waals surface area contributed by atoms with E-state index >= 15 is 0 Å². The van der Waals surface area contributed by atoms with Gasteiger partial charge in [-0.3, -0.25) is 4.79 Å². The number of hydrogen-bond donors (Lipinski definition) is 3. The standard InChI is InChI=1S/C11H22N2O2/c12-6-1-2-7-13-10-5-3-4-9(8-10)11(14)15/h9-10,13H,1-8,12H2,(H,14,15). The molecule has 1 aliphatic carbocycles. The van der Waals surface area contributed by atoms with Crippen LogP contribution in [0.5, 0.6) is 0 Å². The summed E-state index contributed by atoms with van der Waals surface area (Å²) in [4.78, 5) is 10.8. The van der Waals surface area contributed by atoms with Crippen LogP contribution in [0.15, 0.2) is 0 Å². The molecule has 0 aromatic carbocycles. The fraction of sp³-hybridized carbons (Fsp3) is 0.909. The second-order valence-corrected chi connectivity index (χ2v) is 4.35. The molecule has 0 aromatic rings. The van der Waals surface area contributed by atoms with Crippen LogP contribution in [0.2, 0.25) is 0 Å². The number of carboxylic acid groups (broad SMARTS) is 1. The molecular formula is C11H22N2O2. The fourth-order valence-electron chi connectivity index (χ4n) is 2.18. The maximum absolute atomic E-state index is 10.8. The Morgan fingerprint density at radius 3 is 2.87 bits per heavy atom. The number of nitrogens with one attached hydrogen (secondary N) is 1. The second-order valence-electron chi connectivity index (χ2n) is 4.35. The molecule has 0 heterocycles. The van der Waals surface area contributed by atoms with Crippen molar-refractivity contribution in [3.8, 4) is 0 Å². The first-order chi connectivity index (χ1) is 7.24. The Hall–Kier alpha value is -0.610. The van der Waals surface area contributed by atoms with Crippen LogP contribution in [0.3, 0.4) is 0 Å². The van der Waals surface area contributed by atoms with Crippen LogP contribution >= 0.6 is 0 Å². The predicted molar refractivity (Wildman–Crippen MR) is 59.7 cm³/mol. The first kappa shape index (κ1) is 12.5. The van der Waals surface area contributed by atoms with E-state index in [1.807, 2.05) is 0 Å². The lowest BCUT2D eigenvalue weighted by Gasteiger charge is -2.27. The first-order valence-corrected chi connectivity index (χ1v) is 5.90. The summed E-state index contributed by atoms with van der Waals surface area (Å²) in [6.07, 6.45) is 5.92. The molecule has 1 aliphatic rings. The van der Waals surface area contributed by atoms with Crippen LogP contribution in [-0.2, 0) is 4.79 Å². The largest absolute Gasteiger partial charge is 0.481 e. The van der Waals surface area contributed by atoms with Gasteiger partial charge in [-0.05, 0) is 45.2 Å². The molecule has 2 unspecified atom stereocenters. The van der Waals surface area contributed by atoms with Gasteiger partial charge in [-0.2, -0.15) is 0 Å². The number of carbonyl (C=O) groups is 1. The van der Waals surface area contributed by atoms with E-state index in [1.165, 1.54) is 0 Å². The van der Waals surface area contributed by atoms with Crippen molar-refractivity contribution in [3.63, 3.8) is 0 Å². The molecule has 88 valence electrons. The average Bonchev–Trinajstić information content (AvgIpc) is 2.25. The van der Waals surface area contributed by atoms with E-state index in [1.54, 1.807) is 0 Å². The highest BCUT2D eigenvalue weighted by Crippen LogP contribution is 2.24. The van der Waals surface area contributed by atoms with Crippen LogP contribution in [0.4, 0.5) is 0 Å². The molecule has 2 atom stereocenters. The van der Waals surface area contributed by atoms with Gasteiger partial charge in [0.05, 0.1) is 5.92 Å². The molecule has 0 aromatic heterocycles. The summed E-state index contributed by atoms with van der Waals surface area (Å²) < 4.78 is 0. The van der Waals surface area contributed by atoms with Crippen molar-refractivity contribution in [2.45, 2.75) is 44.6 Å². The van der Waals surface area contributed by atoms with Gasteiger partial charge in [0.25, 0.3) is 0 Å². The Bertz CT molecular complexity index is 197. The molecule has 0 radical (unpaired) electrons. The number of nitrogens with two attached hydrogens (primary N) is 1. The van der Waals surface area contributed by atoms with Crippen molar-refractivity contribution in [2.75, 3.05) is 13.1 Å². The quantitative estimate of drug-likeness (QED) is 0.576. The Balaban J connectivity index is 2.15. The Labute approximate surface area is 91.2 Å². The van der Waals surface area contributed by atoms with Gasteiger partial charge in [0, 0.05) is 6.04 Å². The van der Waals surface area contributed by atoms with E-state index in [9.17, 15) is 4.79 Å². The molecule has 4 nitrogen and oxygen atoms in total. The van der Waals surface area contributed by atoms with Crippen LogP contribution in [0, 0.1) is 5.92 Å². The van der Waals surface area contributed by atoms with Gasteiger partial charge in [0.2, 0.25) is 0 Å². The van der Waals surface area contributed by atoms with E-state index in [0.717, 1.165) is 51.6 Å². The molecule has 1 fully saturated rings. The van der Waals surface area contributed by atoms with E-state index in [2.05, 4.69) is 5.32 Å². The van der Waals surface area contributed by atoms with E-state index in [0.29, 0.717) is 6.04 Å². The molecular weight excluding hydrogens is 192 g/mol. The fourth-order valence-corrected chi connectivity index (χ4v) is 2.18. The normalized spacial score (nSPS) is 26.5. The van der Waals surface area contributed by atoms with E-state index in [4.69, 9.17) is 10.8 Å². The molecule has 4 N–H and O–H groups in total. The molecule has 0 amide bonds. The zero-order valence-corrected chi connectivity index (χ0v) is 9.24. The maximum Gasteiger partial charge on any atom is 0.306 e. The van der Waals surface area contributed by atoms with E-state index < -0.39 is 5.97 Å². The van der Waals surface area contributed by atoms with E-state index in [-0.39, 0.29) is 5.92 Å². The highest BCUT2D eigenvalue weighted by Gasteiger charge is 2.26. The zero-order valence-electron chi connectivity index (χ0n) is 9.24. The number of carboxylic acids is 1. The highest BCUT2D eigenvalue weighted by atomic mass is 16.4. The Kier molecular flexibility index (Phi) is 5.65. The number of hydrogen-bond acceptors (Lipinski definition) is 3. The number of unbranched alkanes of at least 4 members (excludes halogenated alkanes) is 1. The van der Waals surface area contributed by atoms with Gasteiger partial charge in [-0.25, -0.2) is 0 Å². The lowest BCUT2D eigenvalue weighted by atomic mass is 9.86. The summed E-state index contributed by atoms with van der Waals surface area (Å²) in [6.45, 7) is 1.71. The topological polar surface area (TPSA) is 75.3 Å². The molecule has 1 saturated carbocycles. The van der Waals surface area contributed by atoms with Gasteiger partial charge in [0.15, 0.2) is 0 Å². The molecule has 0 bridgehead atoms. The minimum Gasteiger partial charge on any atom is -0.481 e. The maximum atomic E-state index is 10.8. The van der Waals surface area contributed by atoms with Crippen molar-refractivity contribution in [1.82, 2.24) is 5.32 Å². The average molecular weight is 214 g/mol. The molecule has 4 heteroatoms. The summed E-state index contributed by atoms with van der Waals surface area (Å²) in [5.41, 5.74) is 5.40. The molecule has 0 spiro atoms. The minimum atomic E-state index is -0.636. The summed E-state index contributed by atoms with van der Waals surface area (Å²) in [6, 6.07) is 0.401. The lowest BCUT2D eigenvalue weighted by Crippen LogP contribution is -2.36. The van der Waals surface area contributed by atoms with Gasteiger partial charge < -0.3 is 16.2 Å². The van der Waals surface area contributed by atoms with Crippen molar-refractivity contribution in [1.29, 1.82) is 0 Å². The predicted octanol–water partition coefficient (Wildman–Crippen LogP) is 0.958. The van der Waals surface area contributed by atoms with Crippen LogP contribution < -0.4 is 11.1 Å². The number of rotatable bonds is 6. The lowest BCUT2D eigenvalue weighted by molar-refractivity contribution is -0.143. The summed E-state index contributed by atoms with van der Waals surface area (Å²) in [5, 5.41) is 12.3. The SMILES string of the molecule is NCCCCNC1CCCC(C(=O)O)C1. The second kappa shape index (κ2) is 6.80. The third kappa shape index (κ3) is 4.62. The van der Waals surface area contributed by atoms with Gasteiger partial charge >= 0.3 is 5.97 Å². The molecule has 15 heavy (non-hydrogen) atoms. The van der Waals surface area contributed by atoms with Crippen LogP contribution in [-0.4, -0.2) is 30.2 Å². The Morgan fingerprint density at radius 1 is 1.40 bits per heavy atom. The molecule has 1 rings (SSSR count).